The van der Waals surface area contributed by atoms with Gasteiger partial charge in [0, 0.05) is 19.2 Å². The van der Waals surface area contributed by atoms with Crippen molar-refractivity contribution in [3.8, 4) is 11.4 Å². The molecule has 0 radical (unpaired) electrons. The highest BCUT2D eigenvalue weighted by Gasteiger charge is 2.19. The maximum atomic E-state index is 12.7. The lowest BCUT2D eigenvalue weighted by molar-refractivity contribution is -0.128. The van der Waals surface area contributed by atoms with E-state index in [0.29, 0.717) is 5.75 Å². The van der Waals surface area contributed by atoms with Crippen molar-refractivity contribution in [1.82, 2.24) is 19.7 Å². The predicted octanol–water partition coefficient (Wildman–Crippen LogP) is 4.59. The van der Waals surface area contributed by atoms with E-state index in [2.05, 4.69) is 40.7 Å². The molecule has 3 aromatic rings. The molecule has 1 heterocycles. The van der Waals surface area contributed by atoms with Crippen LogP contribution in [-0.4, -0.2) is 38.4 Å². The molecule has 6 heteroatoms. The lowest BCUT2D eigenvalue weighted by Crippen LogP contribution is -2.31. The normalized spacial score (nSPS) is 12.0. The summed E-state index contributed by atoms with van der Waals surface area (Å²) in [6, 6.07) is 18.3. The van der Waals surface area contributed by atoms with Gasteiger partial charge < -0.3 is 9.47 Å². The van der Waals surface area contributed by atoms with Gasteiger partial charge in [-0.15, -0.1) is 10.2 Å². The fraction of sp³-hybridized carbons (Fsp3) is 0.318. The molecule has 28 heavy (non-hydrogen) atoms. The van der Waals surface area contributed by atoms with Crippen molar-refractivity contribution in [1.29, 1.82) is 0 Å². The Hall–Kier alpha value is -2.60. The van der Waals surface area contributed by atoms with Crippen molar-refractivity contribution in [3.05, 3.63) is 65.7 Å². The minimum Gasteiger partial charge on any atom is -0.338 e. The average molecular weight is 395 g/mol. The second-order valence-electron chi connectivity index (χ2n) is 6.80. The smallest absolute Gasteiger partial charge is 0.233 e. The van der Waals surface area contributed by atoms with E-state index in [9.17, 15) is 4.79 Å². The molecular formula is C22H26N4OS. The molecule has 0 N–H and O–H groups in total. The molecule has 1 amide bonds. The van der Waals surface area contributed by atoms with Crippen molar-refractivity contribution in [2.45, 2.75) is 38.5 Å². The van der Waals surface area contributed by atoms with Gasteiger partial charge in [-0.2, -0.15) is 0 Å². The zero-order valence-corrected chi connectivity index (χ0v) is 17.6. The standard InChI is InChI=1S/C22H26N4OS/c1-5-26-21(19-13-9-10-16(2)14-19)23-24-22(26)28-15-20(27)25(4)17(3)18-11-7-6-8-12-18/h6-14,17H,5,15H2,1-4H3. The van der Waals surface area contributed by atoms with E-state index in [-0.39, 0.29) is 11.9 Å². The maximum absolute atomic E-state index is 12.7. The van der Waals surface area contributed by atoms with E-state index in [1.807, 2.05) is 56.4 Å². The Bertz CT molecular complexity index is 939. The van der Waals surface area contributed by atoms with Crippen LogP contribution in [-0.2, 0) is 11.3 Å². The third-order valence-corrected chi connectivity index (χ3v) is 5.84. The van der Waals surface area contributed by atoms with Gasteiger partial charge in [0.05, 0.1) is 11.8 Å². The largest absolute Gasteiger partial charge is 0.338 e. The SMILES string of the molecule is CCn1c(SCC(=O)N(C)C(C)c2ccccc2)nnc1-c1cccc(C)c1. The minimum absolute atomic E-state index is 0.0289. The van der Waals surface area contributed by atoms with Crippen molar-refractivity contribution < 1.29 is 4.79 Å². The highest BCUT2D eigenvalue weighted by Crippen LogP contribution is 2.26. The van der Waals surface area contributed by atoms with Crippen LogP contribution in [0.5, 0.6) is 0 Å². The van der Waals surface area contributed by atoms with Crippen LogP contribution in [0.3, 0.4) is 0 Å². The molecule has 0 fully saturated rings. The number of thioether (sulfide) groups is 1. The lowest BCUT2D eigenvalue weighted by Gasteiger charge is -2.25. The number of benzene rings is 2. The fourth-order valence-corrected chi connectivity index (χ4v) is 4.00. The molecule has 0 bridgehead atoms. The van der Waals surface area contributed by atoms with Gasteiger partial charge >= 0.3 is 0 Å². The molecule has 146 valence electrons. The van der Waals surface area contributed by atoms with E-state index < -0.39 is 0 Å². The highest BCUT2D eigenvalue weighted by molar-refractivity contribution is 7.99. The van der Waals surface area contributed by atoms with E-state index >= 15 is 0 Å². The number of rotatable bonds is 7. The number of carbonyl (C=O) groups excluding carboxylic acids is 1. The second kappa shape index (κ2) is 9.06. The van der Waals surface area contributed by atoms with Gasteiger partial charge in [0.1, 0.15) is 0 Å². The number of aryl methyl sites for hydroxylation is 1. The molecule has 0 saturated carbocycles. The van der Waals surface area contributed by atoms with Gasteiger partial charge in [0.2, 0.25) is 5.91 Å². The van der Waals surface area contributed by atoms with Crippen LogP contribution < -0.4 is 0 Å². The Labute approximate surface area is 170 Å². The quantitative estimate of drug-likeness (QED) is 0.550. The Balaban J connectivity index is 1.70. The Morgan fingerprint density at radius 1 is 1.14 bits per heavy atom. The molecule has 2 aromatic carbocycles. The fourth-order valence-electron chi connectivity index (χ4n) is 3.08. The van der Waals surface area contributed by atoms with Crippen LogP contribution in [0.4, 0.5) is 0 Å². The molecule has 0 aliphatic heterocycles. The third-order valence-electron chi connectivity index (χ3n) is 4.89. The summed E-state index contributed by atoms with van der Waals surface area (Å²) in [7, 11) is 1.85. The molecule has 1 unspecified atom stereocenters. The first-order valence-corrected chi connectivity index (χ1v) is 10.4. The maximum Gasteiger partial charge on any atom is 0.233 e. The minimum atomic E-state index is 0.0289. The summed E-state index contributed by atoms with van der Waals surface area (Å²) >= 11 is 1.44. The summed E-state index contributed by atoms with van der Waals surface area (Å²) in [5.41, 5.74) is 3.35. The summed E-state index contributed by atoms with van der Waals surface area (Å²) < 4.78 is 2.06. The molecular weight excluding hydrogens is 368 g/mol. The van der Waals surface area contributed by atoms with Crippen LogP contribution in [0.25, 0.3) is 11.4 Å². The lowest BCUT2D eigenvalue weighted by atomic mass is 10.1. The number of nitrogens with zero attached hydrogens (tertiary/aromatic N) is 4. The first-order chi connectivity index (χ1) is 13.5. The van der Waals surface area contributed by atoms with Crippen molar-refractivity contribution in [2.75, 3.05) is 12.8 Å². The molecule has 0 aliphatic carbocycles. The summed E-state index contributed by atoms with van der Waals surface area (Å²) in [4.78, 5) is 14.5. The Morgan fingerprint density at radius 2 is 1.89 bits per heavy atom. The van der Waals surface area contributed by atoms with Crippen molar-refractivity contribution in [3.63, 3.8) is 0 Å². The first kappa shape index (κ1) is 20.1. The molecule has 3 rings (SSSR count). The summed E-state index contributed by atoms with van der Waals surface area (Å²) in [5, 5.41) is 9.47. The molecule has 0 aliphatic rings. The van der Waals surface area contributed by atoms with Gasteiger partial charge in [0.15, 0.2) is 11.0 Å². The average Bonchev–Trinajstić information content (AvgIpc) is 3.14. The number of hydrogen-bond acceptors (Lipinski definition) is 4. The number of amides is 1. The zero-order chi connectivity index (χ0) is 20.1. The Morgan fingerprint density at radius 3 is 2.57 bits per heavy atom. The van der Waals surface area contributed by atoms with Gasteiger partial charge in [0.25, 0.3) is 0 Å². The van der Waals surface area contributed by atoms with Gasteiger partial charge in [-0.3, -0.25) is 4.79 Å². The van der Waals surface area contributed by atoms with Crippen molar-refractivity contribution in [2.24, 2.45) is 0 Å². The second-order valence-corrected chi connectivity index (χ2v) is 7.74. The van der Waals surface area contributed by atoms with Crippen LogP contribution in [0.15, 0.2) is 59.8 Å². The molecule has 0 spiro atoms. The van der Waals surface area contributed by atoms with Crippen LogP contribution in [0, 0.1) is 6.92 Å². The third kappa shape index (κ3) is 4.44. The van der Waals surface area contributed by atoms with Crippen LogP contribution in [0.1, 0.15) is 31.0 Å². The highest BCUT2D eigenvalue weighted by atomic mass is 32.2. The van der Waals surface area contributed by atoms with Gasteiger partial charge in [-0.1, -0.05) is 65.9 Å². The van der Waals surface area contributed by atoms with Gasteiger partial charge in [-0.25, -0.2) is 0 Å². The molecule has 5 nitrogen and oxygen atoms in total. The zero-order valence-electron chi connectivity index (χ0n) is 16.8. The first-order valence-electron chi connectivity index (χ1n) is 9.45. The van der Waals surface area contributed by atoms with Gasteiger partial charge in [-0.05, 0) is 32.4 Å². The molecule has 1 aromatic heterocycles. The summed E-state index contributed by atoms with van der Waals surface area (Å²) in [5.74, 6) is 1.25. The Kier molecular flexibility index (Phi) is 6.52. The van der Waals surface area contributed by atoms with E-state index in [1.54, 1.807) is 4.90 Å². The van der Waals surface area contributed by atoms with E-state index in [4.69, 9.17) is 0 Å². The summed E-state index contributed by atoms with van der Waals surface area (Å²) in [6.45, 7) is 6.93. The monoisotopic (exact) mass is 394 g/mol. The van der Waals surface area contributed by atoms with Crippen molar-refractivity contribution >= 4 is 17.7 Å². The van der Waals surface area contributed by atoms with E-state index in [0.717, 1.165) is 28.7 Å². The van der Waals surface area contributed by atoms with E-state index in [1.165, 1.54) is 17.3 Å². The molecule has 1 atom stereocenters. The van der Waals surface area contributed by atoms with Crippen LogP contribution >= 0.6 is 11.8 Å². The molecule has 0 saturated heterocycles. The predicted molar refractivity (Wildman–Crippen MR) is 114 cm³/mol. The number of carbonyl (C=O) groups is 1. The van der Waals surface area contributed by atoms with Crippen LogP contribution in [0.2, 0.25) is 0 Å². The topological polar surface area (TPSA) is 51.0 Å². The number of hydrogen-bond donors (Lipinski definition) is 0. The summed E-state index contributed by atoms with van der Waals surface area (Å²) in [6.07, 6.45) is 0. The number of aromatic nitrogens is 3.